The van der Waals surface area contributed by atoms with Crippen LogP contribution < -0.4 is 4.74 Å². The molecule has 2 heterocycles. The first-order valence-corrected chi connectivity index (χ1v) is 11.4. The quantitative estimate of drug-likeness (QED) is 0.510. The molecule has 1 fully saturated rings. The van der Waals surface area contributed by atoms with E-state index in [-0.39, 0.29) is 17.5 Å². The molecular weight excluding hydrogens is 426 g/mol. The second-order valence-electron chi connectivity index (χ2n) is 8.15. The fourth-order valence-electron chi connectivity index (χ4n) is 3.72. The summed E-state index contributed by atoms with van der Waals surface area (Å²) in [6, 6.07) is 12.1. The van der Waals surface area contributed by atoms with E-state index in [1.54, 1.807) is 23.5 Å². The summed E-state index contributed by atoms with van der Waals surface area (Å²) in [6.45, 7) is 6.80. The van der Waals surface area contributed by atoms with E-state index in [1.807, 2.05) is 36.1 Å². The first kappa shape index (κ1) is 22.0. The van der Waals surface area contributed by atoms with E-state index in [1.165, 1.54) is 6.07 Å². The largest absolute Gasteiger partial charge is 0.478 e. The normalized spacial score (nSPS) is 14.8. The van der Waals surface area contributed by atoms with Crippen molar-refractivity contribution in [3.63, 3.8) is 0 Å². The van der Waals surface area contributed by atoms with Crippen LogP contribution in [0.3, 0.4) is 0 Å². The Bertz CT molecular complexity index is 1140. The zero-order valence-electron chi connectivity index (χ0n) is 18.2. The van der Waals surface area contributed by atoms with Crippen molar-refractivity contribution in [1.29, 1.82) is 0 Å². The van der Waals surface area contributed by atoms with Crippen LogP contribution in [0.1, 0.15) is 66.5 Å². The number of nitrogens with zero attached hydrogens (tertiary/aromatic N) is 3. The summed E-state index contributed by atoms with van der Waals surface area (Å²) >= 11 is 1.56. The first-order chi connectivity index (χ1) is 15.3. The Balaban J connectivity index is 1.61. The molecule has 1 saturated heterocycles. The SMILES string of the molecule is CC(C)c1nnc(-c2ccc(Oc3cc(C(=O)O)ccc3C(C)N3CCCC3=O)cc2)s1. The van der Waals surface area contributed by atoms with Crippen molar-refractivity contribution in [3.05, 3.63) is 58.6 Å². The number of aromatic carboxylic acids is 1. The molecule has 1 amide bonds. The molecule has 0 aliphatic carbocycles. The Labute approximate surface area is 190 Å². The summed E-state index contributed by atoms with van der Waals surface area (Å²) < 4.78 is 6.12. The molecule has 1 N–H and O–H groups in total. The lowest BCUT2D eigenvalue weighted by Crippen LogP contribution is -2.28. The van der Waals surface area contributed by atoms with Crippen LogP contribution >= 0.6 is 11.3 Å². The minimum atomic E-state index is -1.03. The van der Waals surface area contributed by atoms with Gasteiger partial charge in [0.15, 0.2) is 0 Å². The molecule has 1 aromatic heterocycles. The number of hydrogen-bond donors (Lipinski definition) is 1. The molecule has 1 aliphatic rings. The van der Waals surface area contributed by atoms with E-state index in [2.05, 4.69) is 24.0 Å². The summed E-state index contributed by atoms with van der Waals surface area (Å²) in [6.07, 6.45) is 1.37. The topological polar surface area (TPSA) is 92.6 Å². The molecule has 2 aromatic carbocycles. The van der Waals surface area contributed by atoms with Crippen molar-refractivity contribution >= 4 is 23.2 Å². The molecule has 0 radical (unpaired) electrons. The highest BCUT2D eigenvalue weighted by molar-refractivity contribution is 7.14. The van der Waals surface area contributed by atoms with Crippen molar-refractivity contribution in [3.8, 4) is 22.1 Å². The average Bonchev–Trinajstić information content (AvgIpc) is 3.43. The van der Waals surface area contributed by atoms with Gasteiger partial charge in [0.05, 0.1) is 11.6 Å². The highest BCUT2D eigenvalue weighted by atomic mass is 32.1. The highest BCUT2D eigenvalue weighted by Crippen LogP contribution is 2.36. The zero-order chi connectivity index (χ0) is 22.8. The number of carboxylic acid groups (broad SMARTS) is 1. The van der Waals surface area contributed by atoms with Crippen molar-refractivity contribution in [2.45, 2.75) is 45.6 Å². The number of hydrogen-bond acceptors (Lipinski definition) is 6. The fraction of sp³-hybridized carbons (Fsp3) is 0.333. The maximum absolute atomic E-state index is 12.2. The monoisotopic (exact) mass is 451 g/mol. The van der Waals surface area contributed by atoms with Crippen LogP contribution in [-0.4, -0.2) is 38.6 Å². The molecule has 1 atom stereocenters. The molecule has 3 aromatic rings. The lowest BCUT2D eigenvalue weighted by atomic mass is 10.0. The number of carbonyl (C=O) groups excluding carboxylic acids is 1. The maximum atomic E-state index is 12.2. The number of aromatic nitrogens is 2. The molecule has 1 unspecified atom stereocenters. The van der Waals surface area contributed by atoms with Gasteiger partial charge in [-0.25, -0.2) is 4.79 Å². The number of ether oxygens (including phenoxy) is 1. The van der Waals surface area contributed by atoms with E-state index in [0.29, 0.717) is 30.4 Å². The molecule has 7 nitrogen and oxygen atoms in total. The van der Waals surface area contributed by atoms with Crippen LogP contribution in [0, 0.1) is 0 Å². The number of benzene rings is 2. The third-order valence-electron chi connectivity index (χ3n) is 5.55. The summed E-state index contributed by atoms with van der Waals surface area (Å²) in [5, 5.41) is 19.8. The predicted octanol–water partition coefficient (Wildman–Crippen LogP) is 5.50. The van der Waals surface area contributed by atoms with Gasteiger partial charge in [-0.3, -0.25) is 4.79 Å². The van der Waals surface area contributed by atoms with Crippen molar-refractivity contribution in [2.24, 2.45) is 0 Å². The van der Waals surface area contributed by atoms with Crippen molar-refractivity contribution in [1.82, 2.24) is 15.1 Å². The highest BCUT2D eigenvalue weighted by Gasteiger charge is 2.28. The number of likely N-dealkylation sites (tertiary alicyclic amines) is 1. The Kier molecular flexibility index (Phi) is 6.23. The number of amides is 1. The van der Waals surface area contributed by atoms with Crippen molar-refractivity contribution in [2.75, 3.05) is 6.54 Å². The van der Waals surface area contributed by atoms with Crippen LogP contribution in [0.4, 0.5) is 0 Å². The zero-order valence-corrected chi connectivity index (χ0v) is 19.1. The van der Waals surface area contributed by atoms with Crippen LogP contribution in [-0.2, 0) is 4.79 Å². The Morgan fingerprint density at radius 3 is 2.47 bits per heavy atom. The smallest absolute Gasteiger partial charge is 0.335 e. The van der Waals surface area contributed by atoms with E-state index in [0.717, 1.165) is 27.6 Å². The van der Waals surface area contributed by atoms with Gasteiger partial charge in [0.25, 0.3) is 0 Å². The standard InChI is InChI=1S/C24H25N3O4S/c1-14(2)22-25-26-23(32-22)16-6-9-18(10-7-16)31-20-13-17(24(29)30)8-11-19(20)15(3)27-12-4-5-21(27)28/h6-11,13-15H,4-5,12H2,1-3H3,(H,29,30). The van der Waals surface area contributed by atoms with Crippen molar-refractivity contribution < 1.29 is 19.4 Å². The summed E-state index contributed by atoms with van der Waals surface area (Å²) in [7, 11) is 0. The molecule has 0 spiro atoms. The molecular formula is C24H25N3O4S. The summed E-state index contributed by atoms with van der Waals surface area (Å²) in [5.74, 6) is 0.411. The van der Waals surface area contributed by atoms with Gasteiger partial charge in [-0.1, -0.05) is 31.3 Å². The van der Waals surface area contributed by atoms with E-state index < -0.39 is 5.97 Å². The van der Waals surface area contributed by atoms with Gasteiger partial charge < -0.3 is 14.7 Å². The van der Waals surface area contributed by atoms with Crippen LogP contribution in [0.2, 0.25) is 0 Å². The lowest BCUT2D eigenvalue weighted by Gasteiger charge is -2.26. The Morgan fingerprint density at radius 2 is 1.88 bits per heavy atom. The van der Waals surface area contributed by atoms with Gasteiger partial charge in [0.2, 0.25) is 5.91 Å². The lowest BCUT2D eigenvalue weighted by molar-refractivity contribution is -0.129. The summed E-state index contributed by atoms with van der Waals surface area (Å²) in [5.41, 5.74) is 1.85. The molecule has 166 valence electrons. The summed E-state index contributed by atoms with van der Waals surface area (Å²) in [4.78, 5) is 25.6. The average molecular weight is 452 g/mol. The molecule has 0 saturated carbocycles. The predicted molar refractivity (Wildman–Crippen MR) is 122 cm³/mol. The molecule has 8 heteroatoms. The van der Waals surface area contributed by atoms with Crippen LogP contribution in [0.25, 0.3) is 10.6 Å². The third-order valence-corrected chi connectivity index (χ3v) is 6.82. The fourth-order valence-corrected chi connectivity index (χ4v) is 4.58. The maximum Gasteiger partial charge on any atom is 0.335 e. The van der Waals surface area contributed by atoms with E-state index in [9.17, 15) is 14.7 Å². The second kappa shape index (κ2) is 9.08. The van der Waals surface area contributed by atoms with Gasteiger partial charge in [0, 0.05) is 30.0 Å². The molecule has 0 bridgehead atoms. The van der Waals surface area contributed by atoms with Gasteiger partial charge in [-0.05, 0) is 49.7 Å². The van der Waals surface area contributed by atoms with E-state index >= 15 is 0 Å². The van der Waals surface area contributed by atoms with Gasteiger partial charge in [-0.2, -0.15) is 0 Å². The van der Waals surface area contributed by atoms with Gasteiger partial charge in [-0.15, -0.1) is 10.2 Å². The van der Waals surface area contributed by atoms with E-state index in [4.69, 9.17) is 4.74 Å². The van der Waals surface area contributed by atoms with Crippen LogP contribution in [0.15, 0.2) is 42.5 Å². The first-order valence-electron chi connectivity index (χ1n) is 10.6. The number of carboxylic acids is 1. The third kappa shape index (κ3) is 4.50. The molecule has 4 rings (SSSR count). The van der Waals surface area contributed by atoms with Gasteiger partial charge >= 0.3 is 5.97 Å². The molecule has 1 aliphatic heterocycles. The second-order valence-corrected chi connectivity index (χ2v) is 9.16. The van der Waals surface area contributed by atoms with Crippen LogP contribution in [0.5, 0.6) is 11.5 Å². The number of rotatable bonds is 7. The Morgan fingerprint density at radius 1 is 1.12 bits per heavy atom. The number of carbonyl (C=O) groups is 2. The Hall–Kier alpha value is -3.26. The minimum Gasteiger partial charge on any atom is -0.478 e. The van der Waals surface area contributed by atoms with Gasteiger partial charge in [0.1, 0.15) is 21.5 Å². The molecule has 32 heavy (non-hydrogen) atoms. The minimum absolute atomic E-state index is 0.105.